The predicted molar refractivity (Wildman–Crippen MR) is 65.4 cm³/mol. The molecular formula is C11H14INO. The van der Waals surface area contributed by atoms with Crippen molar-refractivity contribution >= 4 is 22.6 Å². The predicted octanol–water partition coefficient (Wildman–Crippen LogP) is 2.04. The van der Waals surface area contributed by atoms with Crippen LogP contribution in [0, 0.1) is 5.92 Å². The standard InChI is InChI=1S/C11H14INO/c12-11(10-4-2-1-3-5-10)13-6-9(7-13)8-14/h1-5,9,11,14H,6-8H2. The smallest absolute Gasteiger partial charge is 0.0874 e. The van der Waals surface area contributed by atoms with Crippen LogP contribution in [-0.4, -0.2) is 29.7 Å². The van der Waals surface area contributed by atoms with Crippen LogP contribution in [0.25, 0.3) is 0 Å². The minimum Gasteiger partial charge on any atom is -0.396 e. The van der Waals surface area contributed by atoms with Crippen molar-refractivity contribution in [1.82, 2.24) is 4.90 Å². The van der Waals surface area contributed by atoms with Crippen LogP contribution in [0.5, 0.6) is 0 Å². The second kappa shape index (κ2) is 4.59. The Hall–Kier alpha value is -0.130. The Morgan fingerprint density at radius 2 is 2.00 bits per heavy atom. The maximum atomic E-state index is 8.93. The summed E-state index contributed by atoms with van der Waals surface area (Å²) in [6, 6.07) is 10.5. The molecule has 76 valence electrons. The highest BCUT2D eigenvalue weighted by molar-refractivity contribution is 14.1. The van der Waals surface area contributed by atoms with Gasteiger partial charge in [0.05, 0.1) is 4.05 Å². The van der Waals surface area contributed by atoms with Gasteiger partial charge >= 0.3 is 0 Å². The van der Waals surface area contributed by atoms with Gasteiger partial charge in [0.25, 0.3) is 0 Å². The lowest BCUT2D eigenvalue weighted by Crippen LogP contribution is -2.48. The first-order valence-corrected chi connectivity index (χ1v) is 6.09. The molecule has 2 nitrogen and oxygen atoms in total. The van der Waals surface area contributed by atoms with E-state index in [9.17, 15) is 0 Å². The summed E-state index contributed by atoms with van der Waals surface area (Å²) in [6.07, 6.45) is 0. The topological polar surface area (TPSA) is 23.5 Å². The summed E-state index contributed by atoms with van der Waals surface area (Å²) < 4.78 is 0.455. The molecule has 0 aromatic heterocycles. The number of hydrogen-bond acceptors (Lipinski definition) is 2. The van der Waals surface area contributed by atoms with Crippen molar-refractivity contribution in [3.05, 3.63) is 35.9 Å². The van der Waals surface area contributed by atoms with Crippen molar-refractivity contribution in [2.75, 3.05) is 19.7 Å². The molecule has 1 saturated heterocycles. The fraction of sp³-hybridized carbons (Fsp3) is 0.455. The van der Waals surface area contributed by atoms with E-state index < -0.39 is 0 Å². The third kappa shape index (κ3) is 2.10. The van der Waals surface area contributed by atoms with Gasteiger partial charge in [0.2, 0.25) is 0 Å². The van der Waals surface area contributed by atoms with Gasteiger partial charge in [0.15, 0.2) is 0 Å². The number of likely N-dealkylation sites (tertiary alicyclic amines) is 1. The molecule has 0 spiro atoms. The average molecular weight is 303 g/mol. The molecule has 1 aliphatic rings. The summed E-state index contributed by atoms with van der Waals surface area (Å²) in [4.78, 5) is 2.39. The van der Waals surface area contributed by atoms with E-state index in [1.165, 1.54) is 5.56 Å². The highest BCUT2D eigenvalue weighted by Crippen LogP contribution is 2.33. The lowest BCUT2D eigenvalue weighted by atomic mass is 10.0. The molecule has 0 saturated carbocycles. The summed E-state index contributed by atoms with van der Waals surface area (Å²) in [5.41, 5.74) is 1.35. The fourth-order valence-electron chi connectivity index (χ4n) is 1.73. The first-order valence-electron chi connectivity index (χ1n) is 4.85. The van der Waals surface area contributed by atoms with Crippen LogP contribution in [0.15, 0.2) is 30.3 Å². The molecule has 0 amide bonds. The first-order chi connectivity index (χ1) is 6.81. The molecule has 0 aliphatic carbocycles. The quantitative estimate of drug-likeness (QED) is 0.525. The highest BCUT2D eigenvalue weighted by Gasteiger charge is 2.30. The van der Waals surface area contributed by atoms with Crippen LogP contribution in [-0.2, 0) is 0 Å². The minimum atomic E-state index is 0.328. The van der Waals surface area contributed by atoms with Gasteiger partial charge in [-0.05, 0) is 5.56 Å². The van der Waals surface area contributed by atoms with E-state index in [0.717, 1.165) is 13.1 Å². The summed E-state index contributed by atoms with van der Waals surface area (Å²) >= 11 is 2.46. The van der Waals surface area contributed by atoms with E-state index in [2.05, 4.69) is 51.8 Å². The third-order valence-electron chi connectivity index (χ3n) is 2.64. The number of hydrogen-bond donors (Lipinski definition) is 1. The maximum absolute atomic E-state index is 8.93. The largest absolute Gasteiger partial charge is 0.396 e. The second-order valence-corrected chi connectivity index (χ2v) is 4.93. The Labute approximate surface area is 98.1 Å². The van der Waals surface area contributed by atoms with Gasteiger partial charge < -0.3 is 5.11 Å². The summed E-state index contributed by atoms with van der Waals surface area (Å²) in [5, 5.41) is 8.93. The lowest BCUT2D eigenvalue weighted by molar-refractivity contribution is 0.0493. The normalized spacial score (nSPS) is 20.4. The number of benzene rings is 1. The van der Waals surface area contributed by atoms with Crippen molar-refractivity contribution < 1.29 is 5.11 Å². The van der Waals surface area contributed by atoms with Crippen LogP contribution in [0.2, 0.25) is 0 Å². The van der Waals surface area contributed by atoms with Gasteiger partial charge in [0.1, 0.15) is 0 Å². The zero-order valence-corrected chi connectivity index (χ0v) is 10.1. The van der Waals surface area contributed by atoms with Crippen molar-refractivity contribution in [2.24, 2.45) is 5.92 Å². The molecular weight excluding hydrogens is 289 g/mol. The molecule has 2 rings (SSSR count). The third-order valence-corrected chi connectivity index (χ3v) is 4.15. The molecule has 3 heteroatoms. The summed E-state index contributed by atoms with van der Waals surface area (Å²) in [5.74, 6) is 0.496. The minimum absolute atomic E-state index is 0.328. The molecule has 1 aromatic rings. The summed E-state index contributed by atoms with van der Waals surface area (Å²) in [6.45, 7) is 2.38. The molecule has 1 aromatic carbocycles. The molecule has 1 aliphatic heterocycles. The van der Waals surface area contributed by atoms with Crippen molar-refractivity contribution in [1.29, 1.82) is 0 Å². The van der Waals surface area contributed by atoms with Gasteiger partial charge in [-0.1, -0.05) is 52.9 Å². The van der Waals surface area contributed by atoms with Crippen LogP contribution in [0.1, 0.15) is 9.61 Å². The van der Waals surface area contributed by atoms with E-state index in [0.29, 0.717) is 16.6 Å². The number of nitrogens with zero attached hydrogens (tertiary/aromatic N) is 1. The van der Waals surface area contributed by atoms with Crippen LogP contribution < -0.4 is 0 Å². The summed E-state index contributed by atoms with van der Waals surface area (Å²) in [7, 11) is 0. The van der Waals surface area contributed by atoms with E-state index in [4.69, 9.17) is 5.11 Å². The SMILES string of the molecule is OCC1CN(C(I)c2ccccc2)C1. The Kier molecular flexibility index (Phi) is 3.41. The van der Waals surface area contributed by atoms with Gasteiger partial charge in [0, 0.05) is 25.6 Å². The molecule has 14 heavy (non-hydrogen) atoms. The molecule has 1 atom stereocenters. The number of rotatable bonds is 3. The maximum Gasteiger partial charge on any atom is 0.0874 e. The van der Waals surface area contributed by atoms with E-state index >= 15 is 0 Å². The molecule has 1 unspecified atom stereocenters. The Balaban J connectivity index is 1.94. The molecule has 1 fully saturated rings. The van der Waals surface area contributed by atoms with Crippen LogP contribution in [0.4, 0.5) is 0 Å². The average Bonchev–Trinajstić information content (AvgIpc) is 2.17. The van der Waals surface area contributed by atoms with Crippen LogP contribution in [0.3, 0.4) is 0 Å². The fourth-order valence-corrected chi connectivity index (χ4v) is 2.60. The zero-order valence-electron chi connectivity index (χ0n) is 7.94. The first kappa shape index (κ1) is 10.4. The Morgan fingerprint density at radius 1 is 1.36 bits per heavy atom. The Morgan fingerprint density at radius 3 is 2.57 bits per heavy atom. The highest BCUT2D eigenvalue weighted by atomic mass is 127. The second-order valence-electron chi connectivity index (χ2n) is 3.75. The number of aliphatic hydroxyl groups is 1. The molecule has 0 bridgehead atoms. The number of alkyl halides is 1. The van der Waals surface area contributed by atoms with Crippen molar-refractivity contribution in [3.63, 3.8) is 0 Å². The zero-order chi connectivity index (χ0) is 9.97. The Bertz CT molecular complexity index is 285. The van der Waals surface area contributed by atoms with Crippen LogP contribution >= 0.6 is 22.6 Å². The molecule has 0 radical (unpaired) electrons. The van der Waals surface area contributed by atoms with Gasteiger partial charge in [-0.3, -0.25) is 4.90 Å². The monoisotopic (exact) mass is 303 g/mol. The van der Waals surface area contributed by atoms with E-state index in [1.54, 1.807) is 0 Å². The van der Waals surface area contributed by atoms with Gasteiger partial charge in [-0.2, -0.15) is 0 Å². The van der Waals surface area contributed by atoms with Gasteiger partial charge in [-0.25, -0.2) is 0 Å². The molecule has 1 N–H and O–H groups in total. The van der Waals surface area contributed by atoms with E-state index in [1.807, 2.05) is 6.07 Å². The van der Waals surface area contributed by atoms with Gasteiger partial charge in [-0.15, -0.1) is 0 Å². The van der Waals surface area contributed by atoms with E-state index in [-0.39, 0.29) is 0 Å². The van der Waals surface area contributed by atoms with Crippen molar-refractivity contribution in [2.45, 2.75) is 4.05 Å². The lowest BCUT2D eigenvalue weighted by Gasteiger charge is -2.41. The number of halogens is 1. The van der Waals surface area contributed by atoms with Crippen molar-refractivity contribution in [3.8, 4) is 0 Å². The molecule has 1 heterocycles. The number of aliphatic hydroxyl groups excluding tert-OH is 1.